The molecule has 3 rings (SSSR count). The van der Waals surface area contributed by atoms with Gasteiger partial charge < -0.3 is 9.32 Å². The van der Waals surface area contributed by atoms with E-state index < -0.39 is 0 Å². The largest absolute Gasteiger partial charge is 0.411 e. The Kier molecular flexibility index (Phi) is 5.11. The van der Waals surface area contributed by atoms with Crippen molar-refractivity contribution in [3.05, 3.63) is 30.3 Å². The number of rotatable bonds is 4. The van der Waals surface area contributed by atoms with E-state index >= 15 is 0 Å². The molecule has 1 aliphatic rings. The van der Waals surface area contributed by atoms with E-state index in [-0.39, 0.29) is 5.91 Å². The van der Waals surface area contributed by atoms with E-state index in [9.17, 15) is 4.79 Å². The molecule has 0 saturated carbocycles. The molecule has 0 N–H and O–H groups in total. The van der Waals surface area contributed by atoms with Gasteiger partial charge in [-0.1, -0.05) is 42.8 Å². The molecule has 0 radical (unpaired) electrons. The van der Waals surface area contributed by atoms with Gasteiger partial charge in [-0.2, -0.15) is 0 Å². The lowest BCUT2D eigenvalue weighted by molar-refractivity contribution is -0.128. The van der Waals surface area contributed by atoms with Gasteiger partial charge in [-0.3, -0.25) is 4.79 Å². The summed E-state index contributed by atoms with van der Waals surface area (Å²) in [6, 6.07) is 9.63. The molecule has 0 bridgehead atoms. The monoisotopic (exact) mass is 317 g/mol. The third-order valence-corrected chi connectivity index (χ3v) is 4.51. The molecule has 0 spiro atoms. The van der Waals surface area contributed by atoms with Crippen LogP contribution in [0.1, 0.15) is 25.7 Å². The predicted molar refractivity (Wildman–Crippen MR) is 85.5 cm³/mol. The quantitative estimate of drug-likeness (QED) is 0.810. The Labute approximate surface area is 134 Å². The topological polar surface area (TPSA) is 59.2 Å². The highest BCUT2D eigenvalue weighted by molar-refractivity contribution is 7.99. The molecule has 1 fully saturated rings. The minimum Gasteiger partial charge on any atom is -0.411 e. The molecule has 1 aliphatic heterocycles. The molecule has 1 amide bonds. The second-order valence-electron chi connectivity index (χ2n) is 5.32. The van der Waals surface area contributed by atoms with Crippen molar-refractivity contribution in [1.82, 2.24) is 15.1 Å². The lowest BCUT2D eigenvalue weighted by Crippen LogP contribution is -2.33. The Morgan fingerprint density at radius 2 is 1.82 bits per heavy atom. The maximum atomic E-state index is 12.2. The summed E-state index contributed by atoms with van der Waals surface area (Å²) in [5, 5.41) is 8.48. The summed E-state index contributed by atoms with van der Waals surface area (Å²) in [5.41, 5.74) is 0.890. The Balaban J connectivity index is 1.55. The van der Waals surface area contributed by atoms with Gasteiger partial charge in [0, 0.05) is 18.7 Å². The van der Waals surface area contributed by atoms with Crippen molar-refractivity contribution in [2.75, 3.05) is 18.8 Å². The van der Waals surface area contributed by atoms with Gasteiger partial charge in [0.2, 0.25) is 11.8 Å². The summed E-state index contributed by atoms with van der Waals surface area (Å²) >= 11 is 1.31. The molecular weight excluding hydrogens is 298 g/mol. The van der Waals surface area contributed by atoms with E-state index in [1.54, 1.807) is 0 Å². The van der Waals surface area contributed by atoms with Crippen LogP contribution >= 0.6 is 11.8 Å². The van der Waals surface area contributed by atoms with Crippen LogP contribution in [-0.4, -0.2) is 39.8 Å². The SMILES string of the molecule is O=C(CSc1nnc(-c2ccccc2)o1)N1CCCCCC1. The van der Waals surface area contributed by atoms with Crippen LogP contribution in [0.4, 0.5) is 0 Å². The molecular formula is C16H19N3O2S. The first-order valence-electron chi connectivity index (χ1n) is 7.62. The number of amides is 1. The Bertz CT molecular complexity index is 607. The fraction of sp³-hybridized carbons (Fsp3) is 0.438. The molecule has 1 saturated heterocycles. The number of hydrogen-bond acceptors (Lipinski definition) is 5. The normalized spacial score (nSPS) is 15.5. The maximum Gasteiger partial charge on any atom is 0.277 e. The van der Waals surface area contributed by atoms with E-state index in [1.165, 1.54) is 24.6 Å². The second kappa shape index (κ2) is 7.45. The van der Waals surface area contributed by atoms with Crippen LogP contribution in [0.2, 0.25) is 0 Å². The molecule has 1 aromatic heterocycles. The number of hydrogen-bond donors (Lipinski definition) is 0. The molecule has 0 unspecified atom stereocenters. The number of benzene rings is 1. The summed E-state index contributed by atoms with van der Waals surface area (Å²) < 4.78 is 5.60. The summed E-state index contributed by atoms with van der Waals surface area (Å²) in [4.78, 5) is 14.2. The minimum absolute atomic E-state index is 0.159. The molecule has 5 nitrogen and oxygen atoms in total. The van der Waals surface area contributed by atoms with E-state index in [2.05, 4.69) is 10.2 Å². The molecule has 1 aromatic carbocycles. The van der Waals surface area contributed by atoms with Crippen molar-refractivity contribution in [1.29, 1.82) is 0 Å². The molecule has 6 heteroatoms. The van der Waals surface area contributed by atoms with Gasteiger partial charge in [0.15, 0.2) is 0 Å². The van der Waals surface area contributed by atoms with E-state index in [0.717, 1.165) is 31.5 Å². The van der Waals surface area contributed by atoms with Gasteiger partial charge in [0.05, 0.1) is 5.75 Å². The van der Waals surface area contributed by atoms with Crippen LogP contribution < -0.4 is 0 Å². The van der Waals surface area contributed by atoms with Crippen molar-refractivity contribution >= 4 is 17.7 Å². The van der Waals surface area contributed by atoms with Crippen LogP contribution in [-0.2, 0) is 4.79 Å². The number of carbonyl (C=O) groups excluding carboxylic acids is 1. The van der Waals surface area contributed by atoms with Crippen LogP contribution in [0.3, 0.4) is 0 Å². The molecule has 2 aromatic rings. The maximum absolute atomic E-state index is 12.2. The number of likely N-dealkylation sites (tertiary alicyclic amines) is 1. The Morgan fingerprint density at radius 1 is 1.09 bits per heavy atom. The zero-order valence-corrected chi connectivity index (χ0v) is 13.2. The first-order valence-corrected chi connectivity index (χ1v) is 8.61. The van der Waals surface area contributed by atoms with Gasteiger partial charge in [-0.15, -0.1) is 10.2 Å². The fourth-order valence-electron chi connectivity index (χ4n) is 2.50. The highest BCUT2D eigenvalue weighted by Crippen LogP contribution is 2.23. The molecule has 0 atom stereocenters. The minimum atomic E-state index is 0.159. The zero-order chi connectivity index (χ0) is 15.2. The smallest absolute Gasteiger partial charge is 0.277 e. The van der Waals surface area contributed by atoms with Gasteiger partial charge in [0.1, 0.15) is 0 Å². The van der Waals surface area contributed by atoms with Crippen LogP contribution in [0, 0.1) is 0 Å². The number of nitrogens with zero attached hydrogens (tertiary/aromatic N) is 3. The summed E-state index contributed by atoms with van der Waals surface area (Å²) in [6.07, 6.45) is 4.66. The predicted octanol–water partition coefficient (Wildman–Crippen LogP) is 3.23. The van der Waals surface area contributed by atoms with E-state index in [1.807, 2.05) is 35.2 Å². The van der Waals surface area contributed by atoms with Crippen molar-refractivity contribution in [2.45, 2.75) is 30.9 Å². The molecule has 116 valence electrons. The molecule has 0 aliphatic carbocycles. The van der Waals surface area contributed by atoms with Crippen LogP contribution in [0.15, 0.2) is 40.0 Å². The van der Waals surface area contributed by atoms with Crippen LogP contribution in [0.5, 0.6) is 0 Å². The zero-order valence-electron chi connectivity index (χ0n) is 12.4. The summed E-state index contributed by atoms with van der Waals surface area (Å²) in [7, 11) is 0. The average Bonchev–Trinajstić information content (AvgIpc) is 2.87. The molecule has 22 heavy (non-hydrogen) atoms. The first kappa shape index (κ1) is 15.1. The van der Waals surface area contributed by atoms with Crippen molar-refractivity contribution in [3.8, 4) is 11.5 Å². The van der Waals surface area contributed by atoms with E-state index in [0.29, 0.717) is 16.9 Å². The standard InChI is InChI=1S/C16H19N3O2S/c20-14(19-10-6-1-2-7-11-19)12-22-16-18-17-15(21-16)13-8-4-3-5-9-13/h3-5,8-9H,1-2,6-7,10-12H2. The van der Waals surface area contributed by atoms with Crippen LogP contribution in [0.25, 0.3) is 11.5 Å². The second-order valence-corrected chi connectivity index (χ2v) is 6.25. The summed E-state index contributed by atoms with van der Waals surface area (Å²) in [5.74, 6) is 1.01. The average molecular weight is 317 g/mol. The first-order chi connectivity index (χ1) is 10.8. The number of aromatic nitrogens is 2. The highest BCUT2D eigenvalue weighted by Gasteiger charge is 2.17. The van der Waals surface area contributed by atoms with Crippen molar-refractivity contribution in [3.63, 3.8) is 0 Å². The fourth-order valence-corrected chi connectivity index (χ4v) is 3.17. The molecule has 2 heterocycles. The number of carbonyl (C=O) groups is 1. The highest BCUT2D eigenvalue weighted by atomic mass is 32.2. The lowest BCUT2D eigenvalue weighted by atomic mass is 10.2. The Morgan fingerprint density at radius 3 is 2.55 bits per heavy atom. The number of thioether (sulfide) groups is 1. The summed E-state index contributed by atoms with van der Waals surface area (Å²) in [6.45, 7) is 1.75. The third-order valence-electron chi connectivity index (χ3n) is 3.71. The van der Waals surface area contributed by atoms with Gasteiger partial charge in [-0.25, -0.2) is 0 Å². The van der Waals surface area contributed by atoms with E-state index in [4.69, 9.17) is 4.42 Å². The van der Waals surface area contributed by atoms with Crippen molar-refractivity contribution < 1.29 is 9.21 Å². The lowest BCUT2D eigenvalue weighted by Gasteiger charge is -2.19. The Hall–Kier alpha value is -1.82. The van der Waals surface area contributed by atoms with Crippen molar-refractivity contribution in [2.24, 2.45) is 0 Å². The van der Waals surface area contributed by atoms with Gasteiger partial charge >= 0.3 is 0 Å². The van der Waals surface area contributed by atoms with Gasteiger partial charge in [0.25, 0.3) is 5.22 Å². The van der Waals surface area contributed by atoms with Gasteiger partial charge in [-0.05, 0) is 25.0 Å². The third kappa shape index (κ3) is 3.88.